The lowest BCUT2D eigenvalue weighted by Gasteiger charge is -2.12. The zero-order chi connectivity index (χ0) is 11.8. The number of esters is 1. The Balaban J connectivity index is 2.31. The molecule has 1 rings (SSSR count). The molecule has 4 nitrogen and oxygen atoms in total. The fraction of sp³-hybridized carbons (Fsp3) is 0.417. The lowest BCUT2D eigenvalue weighted by molar-refractivity contribution is -0.140. The molecule has 0 N–H and O–H groups in total. The second-order valence-corrected chi connectivity index (χ2v) is 3.23. The van der Waals surface area contributed by atoms with Crippen molar-refractivity contribution in [2.75, 3.05) is 14.2 Å². The summed E-state index contributed by atoms with van der Waals surface area (Å²) in [5.41, 5.74) is 0. The van der Waals surface area contributed by atoms with E-state index in [9.17, 15) is 4.79 Å². The van der Waals surface area contributed by atoms with Crippen molar-refractivity contribution in [3.8, 4) is 5.75 Å². The third-order valence-corrected chi connectivity index (χ3v) is 2.08. The minimum absolute atomic E-state index is 0.265. The van der Waals surface area contributed by atoms with E-state index in [-0.39, 0.29) is 18.7 Å². The molecule has 16 heavy (non-hydrogen) atoms. The molecule has 0 fully saturated rings. The van der Waals surface area contributed by atoms with Crippen LogP contribution in [0.2, 0.25) is 0 Å². The maximum absolute atomic E-state index is 11.4. The maximum Gasteiger partial charge on any atom is 0.311 e. The van der Waals surface area contributed by atoms with Crippen LogP contribution in [0.15, 0.2) is 30.3 Å². The lowest BCUT2D eigenvalue weighted by Crippen LogP contribution is -2.17. The third-order valence-electron chi connectivity index (χ3n) is 2.08. The Labute approximate surface area is 95.1 Å². The van der Waals surface area contributed by atoms with Gasteiger partial charge in [-0.1, -0.05) is 18.2 Å². The molecule has 88 valence electrons. The largest absolute Gasteiger partial charge is 0.427 e. The third kappa shape index (κ3) is 4.42. The smallest absolute Gasteiger partial charge is 0.311 e. The standard InChI is InChI=1S/C12H16O4/c1-14-12(15-2)9-8-11(13)16-10-6-4-3-5-7-10/h3-7,12H,8-9H2,1-2H3. The number of carbonyl (C=O) groups is 1. The summed E-state index contributed by atoms with van der Waals surface area (Å²) in [5.74, 6) is 0.268. The van der Waals surface area contributed by atoms with Crippen molar-refractivity contribution in [3.05, 3.63) is 30.3 Å². The minimum atomic E-state index is -0.358. The van der Waals surface area contributed by atoms with Crippen molar-refractivity contribution >= 4 is 5.97 Å². The Morgan fingerprint density at radius 3 is 2.38 bits per heavy atom. The number of ether oxygens (including phenoxy) is 3. The Morgan fingerprint density at radius 1 is 1.19 bits per heavy atom. The SMILES string of the molecule is COC(CCC(=O)Oc1ccccc1)OC. The van der Waals surface area contributed by atoms with Gasteiger partial charge in [-0.2, -0.15) is 0 Å². The molecular formula is C12H16O4. The Kier molecular flexibility index (Phi) is 5.53. The number of hydrogen-bond donors (Lipinski definition) is 0. The topological polar surface area (TPSA) is 44.8 Å². The van der Waals surface area contributed by atoms with Crippen molar-refractivity contribution in [1.82, 2.24) is 0 Å². The molecule has 1 aromatic rings. The zero-order valence-corrected chi connectivity index (χ0v) is 9.51. The maximum atomic E-state index is 11.4. The Bertz CT molecular complexity index is 306. The van der Waals surface area contributed by atoms with E-state index in [2.05, 4.69) is 0 Å². The fourth-order valence-electron chi connectivity index (χ4n) is 1.24. The Morgan fingerprint density at radius 2 is 1.81 bits per heavy atom. The number of methoxy groups -OCH3 is 2. The summed E-state index contributed by atoms with van der Waals surface area (Å²) in [5, 5.41) is 0. The molecule has 0 saturated carbocycles. The molecule has 0 amide bonds. The summed E-state index contributed by atoms with van der Waals surface area (Å²) in [7, 11) is 3.08. The van der Waals surface area contributed by atoms with E-state index in [1.54, 1.807) is 12.1 Å². The van der Waals surface area contributed by atoms with E-state index >= 15 is 0 Å². The molecule has 0 saturated heterocycles. The van der Waals surface area contributed by atoms with Crippen LogP contribution in [0.1, 0.15) is 12.8 Å². The van der Waals surface area contributed by atoms with Gasteiger partial charge in [0.1, 0.15) is 5.75 Å². The molecule has 0 bridgehead atoms. The summed E-state index contributed by atoms with van der Waals surface area (Å²) < 4.78 is 15.0. The van der Waals surface area contributed by atoms with Gasteiger partial charge in [-0.15, -0.1) is 0 Å². The van der Waals surface area contributed by atoms with Crippen LogP contribution in [0.5, 0.6) is 5.75 Å². The van der Waals surface area contributed by atoms with Crippen LogP contribution in [0.4, 0.5) is 0 Å². The number of benzene rings is 1. The first-order valence-corrected chi connectivity index (χ1v) is 5.07. The molecule has 0 unspecified atom stereocenters. The van der Waals surface area contributed by atoms with Gasteiger partial charge in [0.2, 0.25) is 0 Å². The van der Waals surface area contributed by atoms with Crippen LogP contribution >= 0.6 is 0 Å². The van der Waals surface area contributed by atoms with Crippen molar-refractivity contribution < 1.29 is 19.0 Å². The van der Waals surface area contributed by atoms with Gasteiger partial charge in [-0.05, 0) is 12.1 Å². The van der Waals surface area contributed by atoms with Gasteiger partial charge in [0, 0.05) is 20.6 Å². The van der Waals surface area contributed by atoms with Gasteiger partial charge in [-0.3, -0.25) is 4.79 Å². The predicted octanol–water partition coefficient (Wildman–Crippen LogP) is 1.99. The summed E-state index contributed by atoms with van der Waals surface area (Å²) >= 11 is 0. The number of rotatable bonds is 6. The summed E-state index contributed by atoms with van der Waals surface area (Å²) in [6, 6.07) is 8.97. The molecule has 0 aromatic heterocycles. The molecule has 0 radical (unpaired) electrons. The van der Waals surface area contributed by atoms with Crippen molar-refractivity contribution in [2.24, 2.45) is 0 Å². The van der Waals surface area contributed by atoms with Crippen LogP contribution in [0.3, 0.4) is 0 Å². The predicted molar refractivity (Wildman–Crippen MR) is 59.1 cm³/mol. The van der Waals surface area contributed by atoms with Gasteiger partial charge in [-0.25, -0.2) is 0 Å². The normalized spacial score (nSPS) is 10.4. The van der Waals surface area contributed by atoms with Crippen molar-refractivity contribution in [1.29, 1.82) is 0 Å². The van der Waals surface area contributed by atoms with Gasteiger partial charge >= 0.3 is 5.97 Å². The fourth-order valence-corrected chi connectivity index (χ4v) is 1.24. The second kappa shape index (κ2) is 6.98. The molecule has 1 aromatic carbocycles. The molecule has 0 atom stereocenters. The van der Waals surface area contributed by atoms with Gasteiger partial charge in [0.05, 0.1) is 6.42 Å². The van der Waals surface area contributed by atoms with Crippen molar-refractivity contribution in [2.45, 2.75) is 19.1 Å². The van der Waals surface area contributed by atoms with Crippen LogP contribution in [0, 0.1) is 0 Å². The van der Waals surface area contributed by atoms with Crippen LogP contribution in [-0.2, 0) is 14.3 Å². The average molecular weight is 224 g/mol. The zero-order valence-electron chi connectivity index (χ0n) is 9.51. The van der Waals surface area contributed by atoms with E-state index in [0.29, 0.717) is 12.2 Å². The van der Waals surface area contributed by atoms with Gasteiger partial charge in [0.25, 0.3) is 0 Å². The summed E-state index contributed by atoms with van der Waals surface area (Å²) in [4.78, 5) is 11.4. The van der Waals surface area contributed by atoms with E-state index in [1.165, 1.54) is 14.2 Å². The molecule has 0 heterocycles. The minimum Gasteiger partial charge on any atom is -0.427 e. The van der Waals surface area contributed by atoms with Gasteiger partial charge < -0.3 is 14.2 Å². The number of hydrogen-bond acceptors (Lipinski definition) is 4. The highest BCUT2D eigenvalue weighted by Gasteiger charge is 2.10. The highest BCUT2D eigenvalue weighted by atomic mass is 16.7. The molecule has 0 aliphatic carbocycles. The summed E-state index contributed by atoms with van der Waals surface area (Å²) in [6.45, 7) is 0. The average Bonchev–Trinajstić information content (AvgIpc) is 2.31. The monoisotopic (exact) mass is 224 g/mol. The lowest BCUT2D eigenvalue weighted by atomic mass is 10.3. The first-order chi connectivity index (χ1) is 7.76. The van der Waals surface area contributed by atoms with Crippen LogP contribution in [-0.4, -0.2) is 26.5 Å². The highest BCUT2D eigenvalue weighted by Crippen LogP contribution is 2.10. The highest BCUT2D eigenvalue weighted by molar-refractivity contribution is 5.72. The number of para-hydroxylation sites is 1. The van der Waals surface area contributed by atoms with Crippen LogP contribution < -0.4 is 4.74 Å². The van der Waals surface area contributed by atoms with Crippen LogP contribution in [0.25, 0.3) is 0 Å². The van der Waals surface area contributed by atoms with E-state index < -0.39 is 0 Å². The van der Waals surface area contributed by atoms with E-state index in [0.717, 1.165) is 0 Å². The molecule has 4 heteroatoms. The molecule has 0 aliphatic heterocycles. The first-order valence-electron chi connectivity index (χ1n) is 5.07. The molecule has 0 aliphatic rings. The number of carbonyl (C=O) groups excluding carboxylic acids is 1. The Hall–Kier alpha value is -1.39. The van der Waals surface area contributed by atoms with Crippen molar-refractivity contribution in [3.63, 3.8) is 0 Å². The first kappa shape index (κ1) is 12.7. The quantitative estimate of drug-likeness (QED) is 0.421. The molecular weight excluding hydrogens is 208 g/mol. The van der Waals surface area contributed by atoms with E-state index in [4.69, 9.17) is 14.2 Å². The second-order valence-electron chi connectivity index (χ2n) is 3.23. The van der Waals surface area contributed by atoms with Gasteiger partial charge in [0.15, 0.2) is 6.29 Å². The molecule has 0 spiro atoms. The van der Waals surface area contributed by atoms with E-state index in [1.807, 2.05) is 18.2 Å². The summed E-state index contributed by atoms with van der Waals surface area (Å²) in [6.07, 6.45) is 0.392.